The normalized spacial score (nSPS) is 25.3. The van der Waals surface area contributed by atoms with E-state index in [1.807, 2.05) is 6.08 Å². The Hall–Kier alpha value is -2.14. The van der Waals surface area contributed by atoms with Crippen LogP contribution in [-0.2, 0) is 9.59 Å². The van der Waals surface area contributed by atoms with Crippen LogP contribution in [0.2, 0.25) is 0 Å². The van der Waals surface area contributed by atoms with Gasteiger partial charge >= 0.3 is 0 Å². The van der Waals surface area contributed by atoms with Crippen LogP contribution in [0.15, 0.2) is 40.5 Å². The monoisotopic (exact) mass is 318 g/mol. The number of allylic oxidation sites excluding steroid dienone is 2. The van der Waals surface area contributed by atoms with E-state index in [-0.39, 0.29) is 23.7 Å². The zero-order valence-corrected chi connectivity index (χ0v) is 12.7. The summed E-state index contributed by atoms with van der Waals surface area (Å²) in [5.41, 5.74) is 1.73. The molecule has 2 atom stereocenters. The highest BCUT2D eigenvalue weighted by Crippen LogP contribution is 2.40. The van der Waals surface area contributed by atoms with Crippen molar-refractivity contribution < 1.29 is 14.8 Å². The Morgan fingerprint density at radius 3 is 2.50 bits per heavy atom. The lowest BCUT2D eigenvalue weighted by molar-refractivity contribution is -0.122. The van der Waals surface area contributed by atoms with Crippen LogP contribution in [0.5, 0.6) is 0 Å². The molecule has 2 aliphatic rings. The lowest BCUT2D eigenvalue weighted by atomic mass is 9.85. The van der Waals surface area contributed by atoms with Crippen molar-refractivity contribution in [2.45, 2.75) is 19.8 Å². The van der Waals surface area contributed by atoms with E-state index >= 15 is 0 Å². The summed E-state index contributed by atoms with van der Waals surface area (Å²) in [5, 5.41) is 12.5. The number of nitrogens with zero attached hydrogens (tertiary/aromatic N) is 2. The van der Waals surface area contributed by atoms with Crippen molar-refractivity contribution in [1.82, 2.24) is 0 Å². The van der Waals surface area contributed by atoms with Gasteiger partial charge in [-0.1, -0.05) is 35.0 Å². The predicted octanol–water partition coefficient (Wildman–Crippen LogP) is 2.91. The van der Waals surface area contributed by atoms with Gasteiger partial charge in [-0.2, -0.15) is 0 Å². The molecule has 22 heavy (non-hydrogen) atoms. The van der Waals surface area contributed by atoms with Crippen LogP contribution in [0.25, 0.3) is 0 Å². The Morgan fingerprint density at radius 2 is 1.86 bits per heavy atom. The third-order valence-electron chi connectivity index (χ3n) is 4.26. The lowest BCUT2D eigenvalue weighted by Crippen LogP contribution is -2.30. The van der Waals surface area contributed by atoms with Crippen LogP contribution in [-0.4, -0.2) is 22.7 Å². The van der Waals surface area contributed by atoms with Crippen LogP contribution in [0.4, 0.5) is 5.69 Å². The van der Waals surface area contributed by atoms with Crippen molar-refractivity contribution in [2.75, 3.05) is 4.90 Å². The molecule has 0 saturated carbocycles. The predicted molar refractivity (Wildman–Crippen MR) is 83.1 cm³/mol. The number of amides is 2. The number of fused-ring (bicyclic) bond motifs is 1. The van der Waals surface area contributed by atoms with Gasteiger partial charge in [0.2, 0.25) is 11.8 Å². The van der Waals surface area contributed by atoms with Crippen LogP contribution < -0.4 is 4.90 Å². The Labute approximate surface area is 132 Å². The molecule has 6 heteroatoms. The van der Waals surface area contributed by atoms with E-state index in [0.29, 0.717) is 29.3 Å². The third kappa shape index (κ3) is 2.31. The average Bonchev–Trinajstić information content (AvgIpc) is 2.78. The van der Waals surface area contributed by atoms with Gasteiger partial charge in [0, 0.05) is 5.03 Å². The van der Waals surface area contributed by atoms with Gasteiger partial charge in [-0.15, -0.1) is 0 Å². The third-order valence-corrected chi connectivity index (χ3v) is 4.57. The largest absolute Gasteiger partial charge is 0.411 e. The fourth-order valence-corrected chi connectivity index (χ4v) is 3.25. The number of carbonyl (C=O) groups is 2. The van der Waals surface area contributed by atoms with Crippen LogP contribution in [0.3, 0.4) is 0 Å². The second-order valence-corrected chi connectivity index (χ2v) is 6.03. The smallest absolute Gasteiger partial charge is 0.238 e. The summed E-state index contributed by atoms with van der Waals surface area (Å²) < 4.78 is 0. The van der Waals surface area contributed by atoms with E-state index in [4.69, 9.17) is 16.8 Å². The highest BCUT2D eigenvalue weighted by molar-refractivity contribution is 6.30. The standard InChI is InChI=1S/C16H15ClN2O3/c1-9(18-22)10-2-5-12(6-3-10)19-15(20)13-7-4-11(17)8-14(13)16(19)21/h2-6,13-14,22H,7-8H2,1H3/b18-9-/t13-,14+/m0/s1. The molecule has 1 saturated heterocycles. The van der Waals surface area contributed by atoms with E-state index in [1.54, 1.807) is 31.2 Å². The molecule has 2 amide bonds. The first-order valence-corrected chi connectivity index (χ1v) is 7.42. The van der Waals surface area contributed by atoms with E-state index in [1.165, 1.54) is 4.90 Å². The van der Waals surface area contributed by atoms with Gasteiger partial charge < -0.3 is 5.21 Å². The first-order chi connectivity index (χ1) is 10.5. The quantitative estimate of drug-likeness (QED) is 0.394. The maximum Gasteiger partial charge on any atom is 0.238 e. The zero-order chi connectivity index (χ0) is 15.9. The van der Waals surface area contributed by atoms with Crippen molar-refractivity contribution in [2.24, 2.45) is 17.0 Å². The highest BCUT2D eigenvalue weighted by atomic mass is 35.5. The van der Waals surface area contributed by atoms with Crippen molar-refractivity contribution >= 4 is 34.8 Å². The Balaban J connectivity index is 1.90. The summed E-state index contributed by atoms with van der Waals surface area (Å²) in [6.45, 7) is 1.67. The van der Waals surface area contributed by atoms with Crippen LogP contribution in [0.1, 0.15) is 25.3 Å². The zero-order valence-electron chi connectivity index (χ0n) is 12.0. The van der Waals surface area contributed by atoms with Crippen molar-refractivity contribution in [3.63, 3.8) is 0 Å². The fraction of sp³-hybridized carbons (Fsp3) is 0.312. The van der Waals surface area contributed by atoms with Gasteiger partial charge in [-0.05, 0) is 37.5 Å². The number of rotatable bonds is 2. The van der Waals surface area contributed by atoms with Gasteiger partial charge in [-0.25, -0.2) is 0 Å². The molecule has 0 aromatic heterocycles. The minimum atomic E-state index is -0.356. The topological polar surface area (TPSA) is 70.0 Å². The minimum Gasteiger partial charge on any atom is -0.411 e. The molecule has 0 spiro atoms. The number of hydrogen-bond donors (Lipinski definition) is 1. The molecule has 0 unspecified atom stereocenters. The van der Waals surface area contributed by atoms with Gasteiger partial charge in [0.1, 0.15) is 0 Å². The molecule has 3 rings (SSSR count). The minimum absolute atomic E-state index is 0.171. The van der Waals surface area contributed by atoms with E-state index in [0.717, 1.165) is 5.56 Å². The number of oxime groups is 1. The van der Waals surface area contributed by atoms with Gasteiger partial charge in [0.25, 0.3) is 0 Å². The lowest BCUT2D eigenvalue weighted by Gasteiger charge is -2.17. The molecule has 1 aliphatic heterocycles. The van der Waals surface area contributed by atoms with E-state index in [2.05, 4.69) is 5.16 Å². The summed E-state index contributed by atoms with van der Waals surface area (Å²) in [7, 11) is 0. The number of imide groups is 1. The summed E-state index contributed by atoms with van der Waals surface area (Å²) in [4.78, 5) is 26.3. The van der Waals surface area contributed by atoms with Crippen molar-refractivity contribution in [1.29, 1.82) is 0 Å². The molecular weight excluding hydrogens is 304 g/mol. The summed E-state index contributed by atoms with van der Waals surface area (Å²) in [6, 6.07) is 6.81. The molecule has 114 valence electrons. The van der Waals surface area contributed by atoms with Crippen LogP contribution in [0, 0.1) is 11.8 Å². The molecule has 1 aromatic rings. The molecule has 1 N–H and O–H groups in total. The first-order valence-electron chi connectivity index (χ1n) is 7.04. The summed E-state index contributed by atoms with van der Waals surface area (Å²) in [6.07, 6.45) is 2.77. The number of anilines is 1. The molecule has 0 bridgehead atoms. The van der Waals surface area contributed by atoms with Crippen molar-refractivity contribution in [3.05, 3.63) is 40.9 Å². The number of benzene rings is 1. The second-order valence-electron chi connectivity index (χ2n) is 5.55. The molecule has 1 fully saturated rings. The average molecular weight is 319 g/mol. The Kier molecular flexibility index (Phi) is 3.74. The maximum absolute atomic E-state index is 12.5. The molecule has 1 aromatic carbocycles. The number of hydrogen-bond acceptors (Lipinski definition) is 4. The van der Waals surface area contributed by atoms with Gasteiger partial charge in [0.05, 0.1) is 23.2 Å². The number of carbonyl (C=O) groups excluding carboxylic acids is 2. The van der Waals surface area contributed by atoms with E-state index < -0.39 is 0 Å². The Bertz CT molecular complexity index is 694. The molecule has 1 aliphatic carbocycles. The molecule has 5 nitrogen and oxygen atoms in total. The second kappa shape index (κ2) is 5.57. The summed E-state index contributed by atoms with van der Waals surface area (Å²) >= 11 is 6.00. The number of halogens is 1. The Morgan fingerprint density at radius 1 is 1.23 bits per heavy atom. The first kappa shape index (κ1) is 14.8. The fourth-order valence-electron chi connectivity index (χ4n) is 2.99. The maximum atomic E-state index is 12.5. The molecular formula is C16H15ClN2O3. The van der Waals surface area contributed by atoms with Gasteiger partial charge in [0.15, 0.2) is 0 Å². The van der Waals surface area contributed by atoms with Crippen molar-refractivity contribution in [3.8, 4) is 0 Å². The molecule has 0 radical (unpaired) electrons. The SMILES string of the molecule is C/C(=N/O)c1ccc(N2C(=O)[C@H]3CC=C(Cl)C[C@H]3C2=O)cc1. The molecule has 1 heterocycles. The highest BCUT2D eigenvalue weighted by Gasteiger charge is 2.48. The van der Waals surface area contributed by atoms with E-state index in [9.17, 15) is 9.59 Å². The van der Waals surface area contributed by atoms with Gasteiger partial charge in [-0.3, -0.25) is 14.5 Å². The van der Waals surface area contributed by atoms with Crippen LogP contribution >= 0.6 is 11.6 Å². The summed E-state index contributed by atoms with van der Waals surface area (Å²) in [5.74, 6) is -1.03.